The van der Waals surface area contributed by atoms with E-state index in [-0.39, 0.29) is 5.92 Å². The SMILES string of the molecule is CCc1noc(CC2CCN(C(=O)C3CCc4ncnc(C)c4C3)CC2)n1. The molecule has 1 aliphatic carbocycles. The van der Waals surface area contributed by atoms with Crippen molar-refractivity contribution in [2.75, 3.05) is 13.1 Å². The third-order valence-corrected chi connectivity index (χ3v) is 6.00. The summed E-state index contributed by atoms with van der Waals surface area (Å²) in [6.45, 7) is 5.69. The van der Waals surface area contributed by atoms with Gasteiger partial charge in [0.1, 0.15) is 6.33 Å². The molecular formula is C20H27N5O2. The van der Waals surface area contributed by atoms with Crippen molar-refractivity contribution in [2.24, 2.45) is 11.8 Å². The highest BCUT2D eigenvalue weighted by atomic mass is 16.5. The molecule has 0 aromatic carbocycles. The fourth-order valence-electron chi connectivity index (χ4n) is 4.28. The number of piperidine rings is 1. The molecule has 1 amide bonds. The molecule has 2 aliphatic rings. The molecule has 0 saturated carbocycles. The summed E-state index contributed by atoms with van der Waals surface area (Å²) in [5.41, 5.74) is 3.32. The Morgan fingerprint density at radius 2 is 2.07 bits per heavy atom. The zero-order valence-electron chi connectivity index (χ0n) is 16.1. The van der Waals surface area contributed by atoms with Crippen molar-refractivity contribution in [1.29, 1.82) is 0 Å². The van der Waals surface area contributed by atoms with Crippen LogP contribution < -0.4 is 0 Å². The van der Waals surface area contributed by atoms with E-state index in [9.17, 15) is 4.79 Å². The van der Waals surface area contributed by atoms with E-state index in [4.69, 9.17) is 4.52 Å². The number of aryl methyl sites for hydroxylation is 3. The normalized spacial score (nSPS) is 20.5. The molecule has 1 fully saturated rings. The third-order valence-electron chi connectivity index (χ3n) is 6.00. The smallest absolute Gasteiger partial charge is 0.226 e. The van der Waals surface area contributed by atoms with Gasteiger partial charge >= 0.3 is 0 Å². The van der Waals surface area contributed by atoms with Crippen LogP contribution in [0.25, 0.3) is 0 Å². The summed E-state index contributed by atoms with van der Waals surface area (Å²) in [6.07, 6.45) is 7.80. The van der Waals surface area contributed by atoms with Gasteiger partial charge in [0.15, 0.2) is 5.82 Å². The molecule has 0 N–H and O–H groups in total. The number of fused-ring (bicyclic) bond motifs is 1. The van der Waals surface area contributed by atoms with Gasteiger partial charge in [0.05, 0.1) is 0 Å². The van der Waals surface area contributed by atoms with Crippen LogP contribution in [-0.2, 0) is 30.5 Å². The summed E-state index contributed by atoms with van der Waals surface area (Å²) in [6, 6.07) is 0. The zero-order valence-corrected chi connectivity index (χ0v) is 16.1. The summed E-state index contributed by atoms with van der Waals surface area (Å²) >= 11 is 0. The van der Waals surface area contributed by atoms with E-state index in [0.29, 0.717) is 11.8 Å². The second-order valence-electron chi connectivity index (χ2n) is 7.75. The predicted octanol–water partition coefficient (Wildman–Crippen LogP) is 2.32. The molecule has 144 valence electrons. The Kier molecular flexibility index (Phi) is 5.18. The highest BCUT2D eigenvalue weighted by molar-refractivity contribution is 5.79. The molecule has 2 aromatic heterocycles. The number of carbonyl (C=O) groups is 1. The Labute approximate surface area is 159 Å². The van der Waals surface area contributed by atoms with E-state index in [1.165, 1.54) is 5.56 Å². The number of likely N-dealkylation sites (tertiary alicyclic amines) is 1. The second kappa shape index (κ2) is 7.74. The minimum absolute atomic E-state index is 0.0711. The Hall–Kier alpha value is -2.31. The number of aromatic nitrogens is 4. The maximum Gasteiger partial charge on any atom is 0.226 e. The Morgan fingerprint density at radius 3 is 2.81 bits per heavy atom. The Balaban J connectivity index is 1.32. The molecule has 0 bridgehead atoms. The monoisotopic (exact) mass is 369 g/mol. The number of amides is 1. The third kappa shape index (κ3) is 3.87. The van der Waals surface area contributed by atoms with Crippen LogP contribution >= 0.6 is 0 Å². The number of rotatable bonds is 4. The fraction of sp³-hybridized carbons (Fsp3) is 0.650. The van der Waals surface area contributed by atoms with E-state index in [2.05, 4.69) is 25.0 Å². The highest BCUT2D eigenvalue weighted by Crippen LogP contribution is 2.29. The quantitative estimate of drug-likeness (QED) is 0.822. The minimum atomic E-state index is 0.0711. The van der Waals surface area contributed by atoms with Crippen molar-refractivity contribution in [3.05, 3.63) is 35.0 Å². The molecule has 0 spiro atoms. The fourth-order valence-corrected chi connectivity index (χ4v) is 4.28. The van der Waals surface area contributed by atoms with Gasteiger partial charge in [0, 0.05) is 43.2 Å². The van der Waals surface area contributed by atoms with Crippen molar-refractivity contribution in [3.8, 4) is 0 Å². The van der Waals surface area contributed by atoms with Gasteiger partial charge in [-0.3, -0.25) is 4.79 Å². The lowest BCUT2D eigenvalue weighted by Crippen LogP contribution is -2.43. The number of hydrogen-bond acceptors (Lipinski definition) is 6. The average molecular weight is 369 g/mol. The first-order chi connectivity index (χ1) is 13.1. The van der Waals surface area contributed by atoms with Crippen molar-refractivity contribution in [3.63, 3.8) is 0 Å². The van der Waals surface area contributed by atoms with E-state index < -0.39 is 0 Å². The average Bonchev–Trinajstić information content (AvgIpc) is 3.16. The first-order valence-corrected chi connectivity index (χ1v) is 10.0. The molecular weight excluding hydrogens is 342 g/mol. The van der Waals surface area contributed by atoms with Crippen LogP contribution in [0.5, 0.6) is 0 Å². The van der Waals surface area contributed by atoms with Crippen LogP contribution in [0.2, 0.25) is 0 Å². The Bertz CT molecular complexity index is 810. The van der Waals surface area contributed by atoms with Crippen molar-refractivity contribution in [1.82, 2.24) is 25.0 Å². The standard InChI is InChI=1S/C20H27N5O2/c1-3-18-23-19(27-24-18)10-14-6-8-25(9-7-14)20(26)15-4-5-17-16(11-15)13(2)21-12-22-17/h12,14-15H,3-11H2,1-2H3. The first kappa shape index (κ1) is 18.1. The van der Waals surface area contributed by atoms with Crippen molar-refractivity contribution >= 4 is 5.91 Å². The lowest BCUT2D eigenvalue weighted by molar-refractivity contribution is -0.137. The van der Waals surface area contributed by atoms with Gasteiger partial charge in [0.25, 0.3) is 0 Å². The summed E-state index contributed by atoms with van der Waals surface area (Å²) in [5.74, 6) is 2.39. The van der Waals surface area contributed by atoms with Gasteiger partial charge in [-0.2, -0.15) is 4.98 Å². The summed E-state index contributed by atoms with van der Waals surface area (Å²) < 4.78 is 5.32. The van der Waals surface area contributed by atoms with Gasteiger partial charge in [-0.05, 0) is 50.5 Å². The van der Waals surface area contributed by atoms with E-state index in [1.807, 2.05) is 13.8 Å². The van der Waals surface area contributed by atoms with Crippen LogP contribution in [0.15, 0.2) is 10.9 Å². The van der Waals surface area contributed by atoms with Gasteiger partial charge in [0.2, 0.25) is 11.8 Å². The summed E-state index contributed by atoms with van der Waals surface area (Å²) in [5, 5.41) is 3.97. The van der Waals surface area contributed by atoms with Gasteiger partial charge in [-0.1, -0.05) is 12.1 Å². The molecule has 7 heteroatoms. The molecule has 1 atom stereocenters. The summed E-state index contributed by atoms with van der Waals surface area (Å²) in [7, 11) is 0. The Morgan fingerprint density at radius 1 is 1.26 bits per heavy atom. The van der Waals surface area contributed by atoms with Crippen LogP contribution in [0.4, 0.5) is 0 Å². The lowest BCUT2D eigenvalue weighted by Gasteiger charge is -2.35. The van der Waals surface area contributed by atoms with Crippen molar-refractivity contribution in [2.45, 2.75) is 58.8 Å². The molecule has 1 aliphatic heterocycles. The molecule has 2 aromatic rings. The highest BCUT2D eigenvalue weighted by Gasteiger charge is 2.32. The van der Waals surface area contributed by atoms with Crippen LogP contribution in [-0.4, -0.2) is 44.0 Å². The van der Waals surface area contributed by atoms with Gasteiger partial charge in [-0.15, -0.1) is 0 Å². The maximum absolute atomic E-state index is 13.0. The molecule has 4 rings (SSSR count). The predicted molar refractivity (Wildman–Crippen MR) is 99.0 cm³/mol. The van der Waals surface area contributed by atoms with Gasteiger partial charge in [-0.25, -0.2) is 9.97 Å². The zero-order chi connectivity index (χ0) is 18.8. The molecule has 3 heterocycles. The minimum Gasteiger partial charge on any atom is -0.342 e. The lowest BCUT2D eigenvalue weighted by atomic mass is 9.84. The molecule has 1 unspecified atom stereocenters. The molecule has 1 saturated heterocycles. The first-order valence-electron chi connectivity index (χ1n) is 10.0. The molecule has 27 heavy (non-hydrogen) atoms. The largest absolute Gasteiger partial charge is 0.342 e. The van der Waals surface area contributed by atoms with Crippen LogP contribution in [0.1, 0.15) is 54.9 Å². The van der Waals surface area contributed by atoms with E-state index in [0.717, 1.165) is 81.1 Å². The number of carbonyl (C=O) groups excluding carboxylic acids is 1. The number of nitrogens with zero attached hydrogens (tertiary/aromatic N) is 5. The van der Waals surface area contributed by atoms with Crippen LogP contribution in [0, 0.1) is 18.8 Å². The molecule has 7 nitrogen and oxygen atoms in total. The number of hydrogen-bond donors (Lipinski definition) is 0. The molecule has 0 radical (unpaired) electrons. The van der Waals surface area contributed by atoms with E-state index in [1.54, 1.807) is 6.33 Å². The second-order valence-corrected chi connectivity index (χ2v) is 7.75. The summed E-state index contributed by atoms with van der Waals surface area (Å²) in [4.78, 5) is 28.2. The maximum atomic E-state index is 13.0. The van der Waals surface area contributed by atoms with Crippen LogP contribution in [0.3, 0.4) is 0 Å². The van der Waals surface area contributed by atoms with E-state index >= 15 is 0 Å². The van der Waals surface area contributed by atoms with Gasteiger partial charge < -0.3 is 9.42 Å². The van der Waals surface area contributed by atoms with Crippen molar-refractivity contribution < 1.29 is 9.32 Å². The topological polar surface area (TPSA) is 85.0 Å².